The number of anilines is 1. The molecule has 2 aromatic heterocycles. The number of rotatable bonds is 7. The highest BCUT2D eigenvalue weighted by Crippen LogP contribution is 2.21. The van der Waals surface area contributed by atoms with Gasteiger partial charge in [0.05, 0.1) is 11.3 Å². The largest absolute Gasteiger partial charge is 0.427 e. The third-order valence-electron chi connectivity index (χ3n) is 4.52. The minimum Gasteiger partial charge on any atom is -0.427 e. The van der Waals surface area contributed by atoms with E-state index in [2.05, 4.69) is 15.5 Å². The van der Waals surface area contributed by atoms with E-state index in [0.717, 1.165) is 0 Å². The number of carbonyl (C=O) groups is 2. The van der Waals surface area contributed by atoms with Crippen LogP contribution in [0.2, 0.25) is 0 Å². The average Bonchev–Trinajstić information content (AvgIpc) is 3.48. The van der Waals surface area contributed by atoms with Gasteiger partial charge in [0.1, 0.15) is 11.6 Å². The van der Waals surface area contributed by atoms with Gasteiger partial charge in [0, 0.05) is 17.7 Å². The number of nitrogens with one attached hydrogen (secondary N) is 1. The second kappa shape index (κ2) is 9.52. The summed E-state index contributed by atoms with van der Waals surface area (Å²) in [5.74, 6) is 0.00898. The lowest BCUT2D eigenvalue weighted by molar-refractivity contribution is -0.134. The summed E-state index contributed by atoms with van der Waals surface area (Å²) in [4.78, 5) is 29.1. The first-order valence-electron chi connectivity index (χ1n) is 9.72. The Bertz CT molecular complexity index is 1240. The van der Waals surface area contributed by atoms with Crippen molar-refractivity contribution in [3.63, 3.8) is 0 Å². The first kappa shape index (κ1) is 21.4. The average molecular weight is 451 g/mol. The first-order chi connectivity index (χ1) is 15.5. The molecular weight excluding hydrogens is 433 g/mol. The Kier molecular flexibility index (Phi) is 6.37. The van der Waals surface area contributed by atoms with Crippen LogP contribution in [0.15, 0.2) is 64.5 Å². The summed E-state index contributed by atoms with van der Waals surface area (Å²) in [6, 6.07) is 14.6. The zero-order valence-electron chi connectivity index (χ0n) is 17.0. The van der Waals surface area contributed by atoms with E-state index < -0.39 is 5.97 Å². The lowest BCUT2D eigenvalue weighted by atomic mass is 10.1. The molecule has 162 valence electrons. The summed E-state index contributed by atoms with van der Waals surface area (Å²) in [5, 5.41) is 8.48. The maximum Gasteiger partial charge on any atom is 0.311 e. The first-order valence-corrected chi connectivity index (χ1v) is 10.6. The molecule has 1 N–H and O–H groups in total. The van der Waals surface area contributed by atoms with Gasteiger partial charge in [0.2, 0.25) is 11.7 Å². The van der Waals surface area contributed by atoms with E-state index in [-0.39, 0.29) is 30.5 Å². The van der Waals surface area contributed by atoms with E-state index in [9.17, 15) is 14.0 Å². The predicted molar refractivity (Wildman–Crippen MR) is 117 cm³/mol. The van der Waals surface area contributed by atoms with Crippen molar-refractivity contribution in [2.45, 2.75) is 19.8 Å². The van der Waals surface area contributed by atoms with Crippen molar-refractivity contribution in [3.05, 3.63) is 82.1 Å². The van der Waals surface area contributed by atoms with Gasteiger partial charge in [-0.25, -0.2) is 4.39 Å². The number of ether oxygens (including phenoxy) is 1. The Hall–Kier alpha value is -3.85. The van der Waals surface area contributed by atoms with Crippen molar-refractivity contribution < 1.29 is 23.2 Å². The van der Waals surface area contributed by atoms with Crippen LogP contribution >= 0.6 is 11.3 Å². The van der Waals surface area contributed by atoms with Gasteiger partial charge >= 0.3 is 5.97 Å². The van der Waals surface area contributed by atoms with Gasteiger partial charge in [-0.15, -0.1) is 11.3 Å². The number of aromatic nitrogens is 2. The molecule has 0 saturated heterocycles. The number of halogens is 1. The summed E-state index contributed by atoms with van der Waals surface area (Å²) in [5.41, 5.74) is 1.71. The van der Waals surface area contributed by atoms with Crippen molar-refractivity contribution in [3.8, 4) is 17.1 Å². The molecule has 2 heterocycles. The van der Waals surface area contributed by atoms with Crippen molar-refractivity contribution in [1.82, 2.24) is 10.1 Å². The molecule has 0 spiro atoms. The third-order valence-corrected chi connectivity index (χ3v) is 5.38. The fourth-order valence-corrected chi connectivity index (χ4v) is 3.47. The van der Waals surface area contributed by atoms with Gasteiger partial charge in [0.15, 0.2) is 0 Å². The molecule has 0 saturated carbocycles. The SMILES string of the molecule is Cc1cc(-c2noc(CCC(=O)Oc3ccc(NC(=O)c4cccs4)cc3)n2)ccc1F. The summed E-state index contributed by atoms with van der Waals surface area (Å²) in [7, 11) is 0. The van der Waals surface area contributed by atoms with Gasteiger partial charge < -0.3 is 14.6 Å². The second-order valence-corrected chi connectivity index (χ2v) is 7.85. The van der Waals surface area contributed by atoms with Gasteiger partial charge in [-0.05, 0) is 66.4 Å². The normalized spacial score (nSPS) is 10.7. The van der Waals surface area contributed by atoms with Crippen LogP contribution in [0.4, 0.5) is 10.1 Å². The van der Waals surface area contributed by atoms with Gasteiger partial charge in [-0.3, -0.25) is 9.59 Å². The highest BCUT2D eigenvalue weighted by Gasteiger charge is 2.13. The fraction of sp³-hybridized carbons (Fsp3) is 0.130. The Morgan fingerprint density at radius 1 is 1.16 bits per heavy atom. The molecule has 7 nitrogen and oxygen atoms in total. The maximum atomic E-state index is 13.4. The Morgan fingerprint density at radius 2 is 1.97 bits per heavy atom. The number of hydrogen-bond acceptors (Lipinski definition) is 7. The Morgan fingerprint density at radius 3 is 2.69 bits per heavy atom. The minimum absolute atomic E-state index is 0.0426. The van der Waals surface area contributed by atoms with Crippen molar-refractivity contribution in [2.75, 3.05) is 5.32 Å². The van der Waals surface area contributed by atoms with Crippen LogP contribution in [-0.4, -0.2) is 22.0 Å². The summed E-state index contributed by atoms with van der Waals surface area (Å²) < 4.78 is 23.9. The molecule has 0 aliphatic heterocycles. The molecule has 0 aliphatic carbocycles. The smallest absolute Gasteiger partial charge is 0.311 e. The predicted octanol–water partition coefficient (Wildman–Crippen LogP) is 5.04. The molecule has 0 fully saturated rings. The molecule has 0 bridgehead atoms. The highest BCUT2D eigenvalue weighted by atomic mass is 32.1. The number of benzene rings is 2. The number of esters is 1. The lowest BCUT2D eigenvalue weighted by Gasteiger charge is -2.06. The van der Waals surface area contributed by atoms with E-state index in [4.69, 9.17) is 9.26 Å². The third kappa shape index (κ3) is 5.25. The molecule has 32 heavy (non-hydrogen) atoms. The van der Waals surface area contributed by atoms with Gasteiger partial charge in [-0.2, -0.15) is 4.98 Å². The molecule has 4 aromatic rings. The maximum absolute atomic E-state index is 13.4. The Balaban J connectivity index is 1.28. The Labute approximate surface area is 186 Å². The summed E-state index contributed by atoms with van der Waals surface area (Å²) >= 11 is 1.35. The van der Waals surface area contributed by atoms with Crippen molar-refractivity contribution >= 4 is 28.9 Å². The molecule has 2 aromatic carbocycles. The van der Waals surface area contributed by atoms with E-state index in [1.54, 1.807) is 55.5 Å². The van der Waals surface area contributed by atoms with E-state index in [0.29, 0.717) is 33.3 Å². The van der Waals surface area contributed by atoms with Crippen molar-refractivity contribution in [2.24, 2.45) is 0 Å². The molecule has 0 aliphatic rings. The number of hydrogen-bond donors (Lipinski definition) is 1. The van der Waals surface area contributed by atoms with Crippen LogP contribution in [0, 0.1) is 12.7 Å². The number of thiophene rings is 1. The van der Waals surface area contributed by atoms with E-state index in [1.807, 2.05) is 5.38 Å². The summed E-state index contributed by atoms with van der Waals surface area (Å²) in [6.45, 7) is 1.65. The van der Waals surface area contributed by atoms with Crippen LogP contribution in [0.25, 0.3) is 11.4 Å². The summed E-state index contributed by atoms with van der Waals surface area (Å²) in [6.07, 6.45) is 0.252. The lowest BCUT2D eigenvalue weighted by Crippen LogP contribution is -2.11. The molecular formula is C23H18FN3O4S. The fourth-order valence-electron chi connectivity index (χ4n) is 2.86. The second-order valence-electron chi connectivity index (χ2n) is 6.91. The molecule has 0 unspecified atom stereocenters. The molecule has 1 amide bonds. The minimum atomic E-state index is -0.460. The van der Waals surface area contributed by atoms with Crippen LogP contribution < -0.4 is 10.1 Å². The van der Waals surface area contributed by atoms with E-state index >= 15 is 0 Å². The highest BCUT2D eigenvalue weighted by molar-refractivity contribution is 7.12. The van der Waals surface area contributed by atoms with Crippen LogP contribution in [-0.2, 0) is 11.2 Å². The van der Waals surface area contributed by atoms with E-state index in [1.165, 1.54) is 17.4 Å². The molecule has 0 radical (unpaired) electrons. The number of nitrogens with zero attached hydrogens (tertiary/aromatic N) is 2. The van der Waals surface area contributed by atoms with Crippen molar-refractivity contribution in [1.29, 1.82) is 0 Å². The van der Waals surface area contributed by atoms with Gasteiger partial charge in [0.25, 0.3) is 5.91 Å². The number of aryl methyl sites for hydroxylation is 2. The zero-order valence-corrected chi connectivity index (χ0v) is 17.8. The van der Waals surface area contributed by atoms with Gasteiger partial charge in [-0.1, -0.05) is 11.2 Å². The topological polar surface area (TPSA) is 94.3 Å². The number of amides is 1. The standard InChI is InChI=1S/C23H18FN3O4S/c1-14-13-15(4-9-18(14)24)22-26-20(31-27-22)10-11-21(28)30-17-7-5-16(6-8-17)25-23(29)19-3-2-12-32-19/h2-9,12-13H,10-11H2,1H3,(H,25,29). The van der Waals surface area contributed by atoms with Crippen LogP contribution in [0.1, 0.15) is 27.5 Å². The van der Waals surface area contributed by atoms with Crippen LogP contribution in [0.3, 0.4) is 0 Å². The van der Waals surface area contributed by atoms with Crippen LogP contribution in [0.5, 0.6) is 5.75 Å². The monoisotopic (exact) mass is 451 g/mol. The number of carbonyl (C=O) groups excluding carboxylic acids is 2. The molecule has 0 atom stereocenters. The zero-order chi connectivity index (χ0) is 22.5. The quantitative estimate of drug-likeness (QED) is 0.313. The molecule has 9 heteroatoms. The molecule has 4 rings (SSSR count).